The normalized spacial score (nSPS) is 26.1. The van der Waals surface area contributed by atoms with Gasteiger partial charge < -0.3 is 5.32 Å². The Labute approximate surface area is 182 Å². The average molecular weight is 420 g/mol. The Morgan fingerprint density at radius 1 is 0.933 bits per heavy atom. The predicted molar refractivity (Wildman–Crippen MR) is 121 cm³/mol. The number of carbonyl (C=O) groups excluding carboxylic acids is 1. The van der Waals surface area contributed by atoms with Crippen molar-refractivity contribution in [2.75, 3.05) is 5.32 Å². The van der Waals surface area contributed by atoms with E-state index in [9.17, 15) is 4.79 Å². The zero-order chi connectivity index (χ0) is 21.5. The molecule has 1 aromatic heterocycles. The molecule has 1 N–H and O–H groups in total. The van der Waals surface area contributed by atoms with E-state index in [-0.39, 0.29) is 16.7 Å². The number of carbonyl (C=O) groups is 1. The third-order valence-electron chi connectivity index (χ3n) is 8.14. The molecule has 154 valence electrons. The lowest BCUT2D eigenvalue weighted by molar-refractivity contribution is -0.125. The topological polar surface area (TPSA) is 54.9 Å². The number of aryl methyl sites for hydroxylation is 2. The Hall–Kier alpha value is -2.46. The zero-order valence-corrected chi connectivity index (χ0v) is 18.8. The number of hydrogen-bond acceptors (Lipinski definition) is 3. The zero-order valence-electron chi connectivity index (χ0n) is 18.1. The molecule has 4 nitrogen and oxygen atoms in total. The quantitative estimate of drug-likeness (QED) is 0.565. The van der Waals surface area contributed by atoms with Gasteiger partial charge in [-0.2, -0.15) is 0 Å². The van der Waals surface area contributed by atoms with Crippen molar-refractivity contribution >= 4 is 34.2 Å². The lowest BCUT2D eigenvalue weighted by Gasteiger charge is -2.39. The molecule has 1 saturated carbocycles. The van der Waals surface area contributed by atoms with E-state index in [4.69, 9.17) is 21.6 Å². The molecule has 1 fully saturated rings. The van der Waals surface area contributed by atoms with Crippen LogP contribution in [0.25, 0.3) is 11.0 Å². The molecule has 2 bridgehead atoms. The highest BCUT2D eigenvalue weighted by Crippen LogP contribution is 2.70. The summed E-state index contributed by atoms with van der Waals surface area (Å²) >= 11 is 6.02. The van der Waals surface area contributed by atoms with Crippen LogP contribution in [0.15, 0.2) is 36.4 Å². The van der Waals surface area contributed by atoms with E-state index in [0.29, 0.717) is 5.02 Å². The van der Waals surface area contributed by atoms with Gasteiger partial charge in [0.2, 0.25) is 5.91 Å². The molecule has 3 aromatic rings. The first-order chi connectivity index (χ1) is 14.1. The maximum atomic E-state index is 13.8. The SMILES string of the molecule is Cc1cc2nc3c(nc2cc1C)C1(C(=O)Nc2ccc(Cl)cc2)CCC3(C)C1(C)C. The first-order valence-electron chi connectivity index (χ1n) is 10.5. The Bertz CT molecular complexity index is 1220. The van der Waals surface area contributed by atoms with E-state index in [1.54, 1.807) is 12.1 Å². The maximum absolute atomic E-state index is 13.8. The molecular weight excluding hydrogens is 394 g/mol. The first kappa shape index (κ1) is 19.5. The fraction of sp³-hybridized carbons (Fsp3) is 0.400. The van der Waals surface area contributed by atoms with Crippen LogP contribution in [-0.2, 0) is 15.6 Å². The van der Waals surface area contributed by atoms with Crippen molar-refractivity contribution in [3.05, 3.63) is 63.9 Å². The van der Waals surface area contributed by atoms with Crippen molar-refractivity contribution in [1.29, 1.82) is 0 Å². The van der Waals surface area contributed by atoms with Gasteiger partial charge in [-0.15, -0.1) is 0 Å². The summed E-state index contributed by atoms with van der Waals surface area (Å²) in [4.78, 5) is 24.0. The van der Waals surface area contributed by atoms with Gasteiger partial charge in [0.05, 0.1) is 27.8 Å². The third kappa shape index (κ3) is 2.26. The summed E-state index contributed by atoms with van der Waals surface area (Å²) in [6.45, 7) is 10.8. The van der Waals surface area contributed by atoms with Crippen LogP contribution in [0.4, 0.5) is 5.69 Å². The highest BCUT2D eigenvalue weighted by atomic mass is 35.5. The second-order valence-electron chi connectivity index (χ2n) is 9.67. The van der Waals surface area contributed by atoms with Crippen molar-refractivity contribution in [2.24, 2.45) is 5.41 Å². The van der Waals surface area contributed by atoms with Gasteiger partial charge in [-0.25, -0.2) is 9.97 Å². The van der Waals surface area contributed by atoms with Gasteiger partial charge >= 0.3 is 0 Å². The van der Waals surface area contributed by atoms with Crippen molar-refractivity contribution in [1.82, 2.24) is 9.97 Å². The second-order valence-corrected chi connectivity index (χ2v) is 10.1. The smallest absolute Gasteiger partial charge is 0.237 e. The van der Waals surface area contributed by atoms with Crippen LogP contribution in [0.1, 0.15) is 56.1 Å². The van der Waals surface area contributed by atoms with Gasteiger partial charge in [0, 0.05) is 16.1 Å². The molecule has 5 heteroatoms. The molecule has 1 amide bonds. The number of rotatable bonds is 2. The number of nitrogens with zero attached hydrogens (tertiary/aromatic N) is 2. The highest BCUT2D eigenvalue weighted by molar-refractivity contribution is 6.30. The molecule has 30 heavy (non-hydrogen) atoms. The molecule has 2 atom stereocenters. The van der Waals surface area contributed by atoms with Crippen LogP contribution in [-0.4, -0.2) is 15.9 Å². The number of aromatic nitrogens is 2. The third-order valence-corrected chi connectivity index (χ3v) is 8.39. The standard InChI is InChI=1S/C25H26ClN3O/c1-14-12-18-19(13-15(14)2)29-21-20(28-18)24(5)10-11-25(21,23(24,3)4)22(30)27-17-8-6-16(26)7-9-17/h6-9,12-13H,10-11H2,1-5H3,(H,27,30). The molecule has 2 aromatic carbocycles. The minimum absolute atomic E-state index is 0.00483. The molecule has 2 unspecified atom stereocenters. The van der Waals surface area contributed by atoms with Crippen LogP contribution in [0.2, 0.25) is 5.02 Å². The molecule has 2 aliphatic carbocycles. The summed E-state index contributed by atoms with van der Waals surface area (Å²) in [7, 11) is 0. The summed E-state index contributed by atoms with van der Waals surface area (Å²) in [5, 5.41) is 3.79. The fourth-order valence-corrected chi connectivity index (χ4v) is 5.76. The Morgan fingerprint density at radius 2 is 1.50 bits per heavy atom. The molecule has 2 aliphatic rings. The van der Waals surface area contributed by atoms with Crippen LogP contribution in [0.5, 0.6) is 0 Å². The van der Waals surface area contributed by atoms with Crippen LogP contribution >= 0.6 is 11.6 Å². The first-order valence-corrected chi connectivity index (χ1v) is 10.8. The van der Waals surface area contributed by atoms with Gasteiger partial charge in [-0.05, 0) is 79.6 Å². The maximum Gasteiger partial charge on any atom is 0.237 e. The van der Waals surface area contributed by atoms with Gasteiger partial charge in [0.1, 0.15) is 0 Å². The summed E-state index contributed by atoms with van der Waals surface area (Å²) in [6.07, 6.45) is 1.69. The number of amides is 1. The van der Waals surface area contributed by atoms with Crippen molar-refractivity contribution in [3.8, 4) is 0 Å². The lowest BCUT2D eigenvalue weighted by atomic mass is 9.63. The molecule has 0 aliphatic heterocycles. The van der Waals surface area contributed by atoms with Crippen LogP contribution < -0.4 is 5.32 Å². The van der Waals surface area contributed by atoms with Gasteiger partial charge in [-0.3, -0.25) is 4.79 Å². The molecule has 0 saturated heterocycles. The lowest BCUT2D eigenvalue weighted by Crippen LogP contribution is -2.48. The number of benzene rings is 2. The Kier molecular flexibility index (Phi) is 3.93. The van der Waals surface area contributed by atoms with E-state index in [1.807, 2.05) is 12.1 Å². The van der Waals surface area contributed by atoms with Gasteiger partial charge in [0.25, 0.3) is 0 Å². The largest absolute Gasteiger partial charge is 0.325 e. The summed E-state index contributed by atoms with van der Waals surface area (Å²) in [6, 6.07) is 11.5. The average Bonchev–Trinajstić information content (AvgIpc) is 2.99. The number of nitrogens with one attached hydrogen (secondary N) is 1. The predicted octanol–water partition coefficient (Wildman–Crippen LogP) is 5.87. The van der Waals surface area contributed by atoms with Crippen LogP contribution in [0.3, 0.4) is 0 Å². The molecular formula is C25H26ClN3O. The molecule has 1 heterocycles. The van der Waals surface area contributed by atoms with Gasteiger partial charge in [0.15, 0.2) is 0 Å². The molecule has 5 rings (SSSR count). The summed E-state index contributed by atoms with van der Waals surface area (Å²) in [5.74, 6) is -0.00483. The fourth-order valence-electron chi connectivity index (χ4n) is 5.63. The number of halogens is 1. The van der Waals surface area contributed by atoms with Crippen LogP contribution in [0, 0.1) is 19.3 Å². The van der Waals surface area contributed by atoms with E-state index < -0.39 is 5.41 Å². The van der Waals surface area contributed by atoms with E-state index in [0.717, 1.165) is 41.0 Å². The minimum Gasteiger partial charge on any atom is -0.325 e. The van der Waals surface area contributed by atoms with E-state index in [2.05, 4.69) is 52.1 Å². The highest BCUT2D eigenvalue weighted by Gasteiger charge is 2.73. The Morgan fingerprint density at radius 3 is 2.10 bits per heavy atom. The Balaban J connectivity index is 1.70. The number of fused-ring (bicyclic) bond motifs is 6. The molecule has 0 spiro atoms. The summed E-state index contributed by atoms with van der Waals surface area (Å²) in [5.41, 5.74) is 5.54. The summed E-state index contributed by atoms with van der Waals surface area (Å²) < 4.78 is 0. The number of anilines is 1. The monoisotopic (exact) mass is 419 g/mol. The number of hydrogen-bond donors (Lipinski definition) is 1. The van der Waals surface area contributed by atoms with Crippen molar-refractivity contribution in [2.45, 2.75) is 58.3 Å². The van der Waals surface area contributed by atoms with Gasteiger partial charge in [-0.1, -0.05) is 32.4 Å². The minimum atomic E-state index is -0.712. The van der Waals surface area contributed by atoms with Crippen molar-refractivity contribution in [3.63, 3.8) is 0 Å². The molecule has 0 radical (unpaired) electrons. The van der Waals surface area contributed by atoms with E-state index >= 15 is 0 Å². The van der Waals surface area contributed by atoms with E-state index in [1.165, 1.54) is 11.1 Å². The van der Waals surface area contributed by atoms with Crippen molar-refractivity contribution < 1.29 is 4.79 Å². The second kappa shape index (κ2) is 6.04.